The standard InChI is InChI=1S/C16H18N2O2/c1-10-6-11(9-17)2-3-13(10)7-15(19)14-8-16(20-18-14)12-4-5-12/h2-3,6,8,12H,4-5,7,9,17H2,1H3. The largest absolute Gasteiger partial charge is 0.360 e. The minimum atomic E-state index is 0.00393. The Morgan fingerprint density at radius 1 is 1.40 bits per heavy atom. The van der Waals surface area contributed by atoms with Crippen molar-refractivity contribution < 1.29 is 9.32 Å². The van der Waals surface area contributed by atoms with Crippen molar-refractivity contribution >= 4 is 5.78 Å². The van der Waals surface area contributed by atoms with Crippen LogP contribution in [0.15, 0.2) is 28.8 Å². The summed E-state index contributed by atoms with van der Waals surface area (Å²) in [7, 11) is 0. The number of carbonyl (C=O) groups is 1. The minimum absolute atomic E-state index is 0.00393. The Morgan fingerprint density at radius 3 is 2.85 bits per heavy atom. The van der Waals surface area contributed by atoms with Gasteiger partial charge in [0.1, 0.15) is 11.5 Å². The summed E-state index contributed by atoms with van der Waals surface area (Å²) in [6.07, 6.45) is 2.64. The van der Waals surface area contributed by atoms with E-state index >= 15 is 0 Å². The lowest BCUT2D eigenvalue weighted by atomic mass is 9.99. The first kappa shape index (κ1) is 13.1. The highest BCUT2D eigenvalue weighted by Crippen LogP contribution is 2.40. The summed E-state index contributed by atoms with van der Waals surface area (Å²) in [5, 5.41) is 3.89. The third kappa shape index (κ3) is 2.65. The van der Waals surface area contributed by atoms with E-state index < -0.39 is 0 Å². The van der Waals surface area contributed by atoms with Gasteiger partial charge in [-0.2, -0.15) is 0 Å². The molecule has 0 spiro atoms. The summed E-state index contributed by atoms with van der Waals surface area (Å²) >= 11 is 0. The second-order valence-electron chi connectivity index (χ2n) is 5.45. The van der Waals surface area contributed by atoms with Gasteiger partial charge >= 0.3 is 0 Å². The molecule has 20 heavy (non-hydrogen) atoms. The molecule has 0 saturated heterocycles. The highest BCUT2D eigenvalue weighted by Gasteiger charge is 2.28. The van der Waals surface area contributed by atoms with E-state index in [4.69, 9.17) is 10.3 Å². The second kappa shape index (κ2) is 5.21. The molecule has 104 valence electrons. The van der Waals surface area contributed by atoms with Crippen LogP contribution in [0.25, 0.3) is 0 Å². The van der Waals surface area contributed by atoms with E-state index in [-0.39, 0.29) is 5.78 Å². The van der Waals surface area contributed by atoms with Crippen molar-refractivity contribution in [2.24, 2.45) is 5.73 Å². The molecule has 3 rings (SSSR count). The molecular formula is C16H18N2O2. The summed E-state index contributed by atoms with van der Waals surface area (Å²) < 4.78 is 5.23. The molecule has 1 aromatic heterocycles. The van der Waals surface area contributed by atoms with Crippen LogP contribution in [0.2, 0.25) is 0 Å². The van der Waals surface area contributed by atoms with Crippen molar-refractivity contribution in [3.63, 3.8) is 0 Å². The Balaban J connectivity index is 1.74. The van der Waals surface area contributed by atoms with E-state index in [1.165, 1.54) is 0 Å². The van der Waals surface area contributed by atoms with Gasteiger partial charge in [0.05, 0.1) is 0 Å². The molecule has 1 saturated carbocycles. The fourth-order valence-corrected chi connectivity index (χ4v) is 2.33. The third-order valence-corrected chi connectivity index (χ3v) is 3.79. The van der Waals surface area contributed by atoms with Crippen LogP contribution >= 0.6 is 0 Å². The lowest BCUT2D eigenvalue weighted by Crippen LogP contribution is -2.06. The van der Waals surface area contributed by atoms with Crippen LogP contribution in [-0.4, -0.2) is 10.9 Å². The van der Waals surface area contributed by atoms with Crippen molar-refractivity contribution in [3.8, 4) is 0 Å². The molecule has 0 aliphatic heterocycles. The molecule has 2 aromatic rings. The topological polar surface area (TPSA) is 69.1 Å². The zero-order valence-corrected chi connectivity index (χ0v) is 11.6. The van der Waals surface area contributed by atoms with E-state index in [1.54, 1.807) is 6.07 Å². The molecule has 0 radical (unpaired) electrons. The first-order chi connectivity index (χ1) is 9.67. The van der Waals surface area contributed by atoms with Gasteiger partial charge in [-0.1, -0.05) is 23.4 Å². The fourth-order valence-electron chi connectivity index (χ4n) is 2.33. The van der Waals surface area contributed by atoms with Crippen molar-refractivity contribution in [1.29, 1.82) is 0 Å². The first-order valence-electron chi connectivity index (χ1n) is 6.95. The van der Waals surface area contributed by atoms with Gasteiger partial charge in [-0.05, 0) is 36.5 Å². The van der Waals surface area contributed by atoms with Gasteiger partial charge in [-0.3, -0.25) is 4.79 Å². The zero-order valence-electron chi connectivity index (χ0n) is 11.6. The predicted molar refractivity (Wildman–Crippen MR) is 75.6 cm³/mol. The van der Waals surface area contributed by atoms with E-state index in [0.717, 1.165) is 35.3 Å². The number of nitrogens with two attached hydrogens (primary N) is 1. The van der Waals surface area contributed by atoms with Crippen molar-refractivity contribution in [1.82, 2.24) is 5.16 Å². The van der Waals surface area contributed by atoms with E-state index in [9.17, 15) is 4.79 Å². The Morgan fingerprint density at radius 2 is 2.20 bits per heavy atom. The van der Waals surface area contributed by atoms with E-state index in [1.807, 2.05) is 25.1 Å². The molecule has 0 amide bonds. The molecule has 1 aliphatic carbocycles. The molecule has 0 atom stereocenters. The van der Waals surface area contributed by atoms with Crippen LogP contribution in [0, 0.1) is 6.92 Å². The molecule has 2 N–H and O–H groups in total. The number of benzene rings is 1. The van der Waals surface area contributed by atoms with E-state index in [2.05, 4.69) is 5.16 Å². The molecule has 1 aliphatic rings. The number of aromatic nitrogens is 1. The van der Waals surface area contributed by atoms with Gasteiger partial charge < -0.3 is 10.3 Å². The number of Topliss-reactive ketones (excluding diaryl/α,β-unsaturated/α-hetero) is 1. The number of hydrogen-bond donors (Lipinski definition) is 1. The van der Waals surface area contributed by atoms with Crippen LogP contribution in [0.1, 0.15) is 51.7 Å². The number of hydrogen-bond acceptors (Lipinski definition) is 4. The van der Waals surface area contributed by atoms with Gasteiger partial charge in [-0.15, -0.1) is 0 Å². The molecule has 1 aromatic carbocycles. The number of ketones is 1. The van der Waals surface area contributed by atoms with Crippen LogP contribution in [0.5, 0.6) is 0 Å². The molecular weight excluding hydrogens is 252 g/mol. The lowest BCUT2D eigenvalue weighted by Gasteiger charge is -2.06. The normalized spacial score (nSPS) is 14.5. The van der Waals surface area contributed by atoms with Gasteiger partial charge in [-0.25, -0.2) is 0 Å². The molecule has 4 nitrogen and oxygen atoms in total. The monoisotopic (exact) mass is 270 g/mol. The molecule has 0 unspecified atom stereocenters. The van der Waals surface area contributed by atoms with E-state index in [0.29, 0.717) is 24.6 Å². The van der Waals surface area contributed by atoms with Crippen molar-refractivity contribution in [3.05, 3.63) is 52.4 Å². The number of carbonyl (C=O) groups excluding carboxylic acids is 1. The molecule has 4 heteroatoms. The number of nitrogens with zero attached hydrogens (tertiary/aromatic N) is 1. The van der Waals surface area contributed by atoms with Crippen molar-refractivity contribution in [2.45, 2.75) is 38.6 Å². The quantitative estimate of drug-likeness (QED) is 0.848. The Kier molecular flexibility index (Phi) is 3.40. The number of aryl methyl sites for hydroxylation is 1. The van der Waals surface area contributed by atoms with Gasteiger partial charge in [0.25, 0.3) is 0 Å². The Labute approximate surface area is 118 Å². The Bertz CT molecular complexity index is 642. The highest BCUT2D eigenvalue weighted by molar-refractivity contribution is 5.95. The van der Waals surface area contributed by atoms with Crippen LogP contribution < -0.4 is 5.73 Å². The summed E-state index contributed by atoms with van der Waals surface area (Å²) in [5.41, 5.74) is 9.23. The maximum Gasteiger partial charge on any atom is 0.189 e. The fraction of sp³-hybridized carbons (Fsp3) is 0.375. The predicted octanol–water partition coefficient (Wildman–Crippen LogP) is 2.74. The summed E-state index contributed by atoms with van der Waals surface area (Å²) in [5.74, 6) is 1.34. The molecule has 0 bridgehead atoms. The lowest BCUT2D eigenvalue weighted by molar-refractivity contribution is 0.0984. The van der Waals surface area contributed by atoms with Gasteiger partial charge in [0, 0.05) is 24.9 Å². The maximum absolute atomic E-state index is 12.2. The SMILES string of the molecule is Cc1cc(CN)ccc1CC(=O)c1cc(C2CC2)on1. The summed E-state index contributed by atoms with van der Waals surface area (Å²) in [4.78, 5) is 12.2. The molecule has 1 fully saturated rings. The summed E-state index contributed by atoms with van der Waals surface area (Å²) in [6.45, 7) is 2.52. The minimum Gasteiger partial charge on any atom is -0.360 e. The second-order valence-corrected chi connectivity index (χ2v) is 5.45. The average molecular weight is 270 g/mol. The van der Waals surface area contributed by atoms with Gasteiger partial charge in [0.2, 0.25) is 0 Å². The average Bonchev–Trinajstić information content (AvgIpc) is 3.18. The van der Waals surface area contributed by atoms with Crippen LogP contribution in [0.4, 0.5) is 0 Å². The first-order valence-corrected chi connectivity index (χ1v) is 6.95. The number of rotatable bonds is 5. The highest BCUT2D eigenvalue weighted by atomic mass is 16.5. The third-order valence-electron chi connectivity index (χ3n) is 3.79. The van der Waals surface area contributed by atoms with Crippen LogP contribution in [0.3, 0.4) is 0 Å². The van der Waals surface area contributed by atoms with Gasteiger partial charge in [0.15, 0.2) is 5.78 Å². The smallest absolute Gasteiger partial charge is 0.189 e. The van der Waals surface area contributed by atoms with Crippen LogP contribution in [-0.2, 0) is 13.0 Å². The molecule has 1 heterocycles. The Hall–Kier alpha value is -1.94. The maximum atomic E-state index is 12.2. The van der Waals surface area contributed by atoms with Crippen molar-refractivity contribution in [2.75, 3.05) is 0 Å². The summed E-state index contributed by atoms with van der Waals surface area (Å²) in [6, 6.07) is 7.76. The zero-order chi connectivity index (χ0) is 14.1.